The minimum Gasteiger partial charge on any atom is -0.0775 e. The second-order valence-corrected chi connectivity index (χ2v) is 5.25. The minimum absolute atomic E-state index is 0.925. The van der Waals surface area contributed by atoms with Gasteiger partial charge in [-0.05, 0) is 31.1 Å². The average Bonchev–Trinajstić information content (AvgIpc) is 3.00. The molecule has 0 heteroatoms. The second-order valence-electron chi connectivity index (χ2n) is 5.25. The van der Waals surface area contributed by atoms with Crippen molar-refractivity contribution in [2.24, 2.45) is 11.8 Å². The van der Waals surface area contributed by atoms with Crippen molar-refractivity contribution in [3.8, 4) is 0 Å². The Labute approximate surface area is 96.2 Å². The Bertz CT molecular complexity index is 190. The first-order chi connectivity index (χ1) is 7.27. The maximum absolute atomic E-state index is 2.50. The van der Waals surface area contributed by atoms with Crippen LogP contribution >= 0.6 is 0 Å². The molecule has 0 spiro atoms. The number of rotatable bonds is 9. The molecule has 0 aliphatic heterocycles. The molecule has 0 heterocycles. The lowest BCUT2D eigenvalue weighted by atomic mass is 10.00. The highest BCUT2D eigenvalue weighted by Crippen LogP contribution is 2.37. The summed E-state index contributed by atoms with van der Waals surface area (Å²) in [5, 5.41) is 0. The maximum Gasteiger partial charge on any atom is -0.00202 e. The molecule has 0 bridgehead atoms. The van der Waals surface area contributed by atoms with Gasteiger partial charge in [0.2, 0.25) is 0 Å². The Kier molecular flexibility index (Phi) is 6.05. The molecule has 1 aliphatic carbocycles. The van der Waals surface area contributed by atoms with Crippen molar-refractivity contribution in [1.29, 1.82) is 0 Å². The molecule has 0 aromatic heterocycles. The standard InChI is InChI=1S/C15H28/c1-4-6-10-14-12-15(14)11-8-7-9-13(3)5-2/h12-14H,4-11H2,1-3H3. The molecule has 0 saturated carbocycles. The summed E-state index contributed by atoms with van der Waals surface area (Å²) >= 11 is 0. The van der Waals surface area contributed by atoms with Crippen LogP contribution in [0.4, 0.5) is 0 Å². The van der Waals surface area contributed by atoms with Gasteiger partial charge in [0.15, 0.2) is 0 Å². The molecule has 88 valence electrons. The van der Waals surface area contributed by atoms with Crippen LogP contribution in [0.1, 0.15) is 72.1 Å². The molecule has 1 aliphatic rings. The van der Waals surface area contributed by atoms with E-state index in [1.165, 1.54) is 51.4 Å². The van der Waals surface area contributed by atoms with Crippen LogP contribution in [0.15, 0.2) is 11.6 Å². The van der Waals surface area contributed by atoms with Crippen molar-refractivity contribution in [3.05, 3.63) is 11.6 Å². The molecule has 0 amide bonds. The van der Waals surface area contributed by atoms with Gasteiger partial charge in [0, 0.05) is 0 Å². The van der Waals surface area contributed by atoms with Crippen LogP contribution in [0.3, 0.4) is 0 Å². The van der Waals surface area contributed by atoms with Gasteiger partial charge in [0.25, 0.3) is 0 Å². The predicted molar refractivity (Wildman–Crippen MR) is 69.0 cm³/mol. The van der Waals surface area contributed by atoms with Crippen molar-refractivity contribution in [2.75, 3.05) is 0 Å². The lowest BCUT2D eigenvalue weighted by molar-refractivity contribution is 0.483. The van der Waals surface area contributed by atoms with Gasteiger partial charge in [-0.2, -0.15) is 0 Å². The quantitative estimate of drug-likeness (QED) is 0.354. The first kappa shape index (κ1) is 12.8. The summed E-state index contributed by atoms with van der Waals surface area (Å²) in [4.78, 5) is 0. The third-order valence-corrected chi connectivity index (χ3v) is 3.76. The lowest BCUT2D eigenvalue weighted by Gasteiger charge is -2.06. The topological polar surface area (TPSA) is 0 Å². The summed E-state index contributed by atoms with van der Waals surface area (Å²) in [6.45, 7) is 6.96. The molecule has 0 fully saturated rings. The maximum atomic E-state index is 2.50. The Morgan fingerprint density at radius 2 is 2.00 bits per heavy atom. The molecule has 15 heavy (non-hydrogen) atoms. The van der Waals surface area contributed by atoms with E-state index in [2.05, 4.69) is 26.8 Å². The molecular formula is C15H28. The highest BCUT2D eigenvalue weighted by molar-refractivity contribution is 5.28. The van der Waals surface area contributed by atoms with Crippen LogP contribution in [0.25, 0.3) is 0 Å². The van der Waals surface area contributed by atoms with E-state index < -0.39 is 0 Å². The van der Waals surface area contributed by atoms with Gasteiger partial charge in [-0.15, -0.1) is 0 Å². The molecule has 0 nitrogen and oxygen atoms in total. The predicted octanol–water partition coefficient (Wildman–Crippen LogP) is 5.34. The van der Waals surface area contributed by atoms with E-state index in [9.17, 15) is 0 Å². The molecule has 1 rings (SSSR count). The molecule has 0 aromatic rings. The normalized spacial score (nSPS) is 21.3. The Morgan fingerprint density at radius 1 is 1.20 bits per heavy atom. The van der Waals surface area contributed by atoms with Gasteiger partial charge in [-0.25, -0.2) is 0 Å². The van der Waals surface area contributed by atoms with Gasteiger partial charge in [0.1, 0.15) is 0 Å². The number of unbranched alkanes of at least 4 members (excludes halogenated alkanes) is 2. The van der Waals surface area contributed by atoms with Crippen LogP contribution in [-0.2, 0) is 0 Å². The lowest BCUT2D eigenvalue weighted by Crippen LogP contribution is -1.91. The van der Waals surface area contributed by atoms with Gasteiger partial charge >= 0.3 is 0 Å². The van der Waals surface area contributed by atoms with Crippen LogP contribution in [0.5, 0.6) is 0 Å². The summed E-state index contributed by atoms with van der Waals surface area (Å²) in [5.74, 6) is 1.86. The molecule has 0 N–H and O–H groups in total. The van der Waals surface area contributed by atoms with Crippen molar-refractivity contribution in [3.63, 3.8) is 0 Å². The fraction of sp³-hybridized carbons (Fsp3) is 0.867. The molecule has 2 unspecified atom stereocenters. The fourth-order valence-corrected chi connectivity index (χ4v) is 2.20. The Hall–Kier alpha value is -0.260. The van der Waals surface area contributed by atoms with Crippen molar-refractivity contribution in [1.82, 2.24) is 0 Å². The fourth-order valence-electron chi connectivity index (χ4n) is 2.20. The largest absolute Gasteiger partial charge is 0.0775 e. The van der Waals surface area contributed by atoms with E-state index in [1.807, 2.05) is 0 Å². The zero-order chi connectivity index (χ0) is 11.1. The van der Waals surface area contributed by atoms with Crippen molar-refractivity contribution < 1.29 is 0 Å². The van der Waals surface area contributed by atoms with Crippen LogP contribution in [0, 0.1) is 11.8 Å². The third kappa shape index (κ3) is 5.39. The zero-order valence-electron chi connectivity index (χ0n) is 10.9. The van der Waals surface area contributed by atoms with E-state index in [4.69, 9.17) is 0 Å². The smallest absolute Gasteiger partial charge is 0.00202 e. The number of allylic oxidation sites excluding steroid dienone is 2. The Morgan fingerprint density at radius 3 is 2.67 bits per heavy atom. The second kappa shape index (κ2) is 7.09. The van der Waals surface area contributed by atoms with Crippen LogP contribution in [-0.4, -0.2) is 0 Å². The highest BCUT2D eigenvalue weighted by Gasteiger charge is 2.22. The minimum atomic E-state index is 0.925. The zero-order valence-corrected chi connectivity index (χ0v) is 10.9. The summed E-state index contributed by atoms with van der Waals surface area (Å²) < 4.78 is 0. The monoisotopic (exact) mass is 208 g/mol. The average molecular weight is 208 g/mol. The third-order valence-electron chi connectivity index (χ3n) is 3.76. The van der Waals surface area contributed by atoms with Gasteiger partial charge < -0.3 is 0 Å². The Balaban J connectivity index is 1.88. The van der Waals surface area contributed by atoms with Crippen molar-refractivity contribution >= 4 is 0 Å². The number of hydrogen-bond donors (Lipinski definition) is 0. The van der Waals surface area contributed by atoms with Crippen LogP contribution in [0.2, 0.25) is 0 Å². The summed E-state index contributed by atoms with van der Waals surface area (Å²) in [5.41, 5.74) is 1.77. The van der Waals surface area contributed by atoms with E-state index in [-0.39, 0.29) is 0 Å². The van der Waals surface area contributed by atoms with E-state index in [1.54, 1.807) is 5.57 Å². The van der Waals surface area contributed by atoms with Gasteiger partial charge in [0.05, 0.1) is 0 Å². The molecular weight excluding hydrogens is 180 g/mol. The summed E-state index contributed by atoms with van der Waals surface area (Å²) in [7, 11) is 0. The first-order valence-corrected chi connectivity index (χ1v) is 6.98. The van der Waals surface area contributed by atoms with Gasteiger partial charge in [-0.1, -0.05) is 64.5 Å². The van der Waals surface area contributed by atoms with E-state index >= 15 is 0 Å². The SMILES string of the molecule is CCCCC1C=C1CCCCC(C)CC. The van der Waals surface area contributed by atoms with E-state index in [0.717, 1.165) is 11.8 Å². The highest BCUT2D eigenvalue weighted by atomic mass is 14.3. The summed E-state index contributed by atoms with van der Waals surface area (Å²) in [6, 6.07) is 0. The van der Waals surface area contributed by atoms with Crippen LogP contribution < -0.4 is 0 Å². The molecule has 0 aromatic carbocycles. The van der Waals surface area contributed by atoms with Crippen molar-refractivity contribution in [2.45, 2.75) is 72.1 Å². The first-order valence-electron chi connectivity index (χ1n) is 6.98. The van der Waals surface area contributed by atoms with E-state index in [0.29, 0.717) is 0 Å². The number of hydrogen-bond acceptors (Lipinski definition) is 0. The summed E-state index contributed by atoms with van der Waals surface area (Å²) in [6.07, 6.45) is 13.7. The van der Waals surface area contributed by atoms with Gasteiger partial charge in [-0.3, -0.25) is 0 Å². The molecule has 0 radical (unpaired) electrons. The molecule has 2 atom stereocenters. The molecule has 0 saturated heterocycles.